The molecular formula is C15H33N. The van der Waals surface area contributed by atoms with Crippen LogP contribution in [-0.4, -0.2) is 6.04 Å². The Morgan fingerprint density at radius 2 is 1.44 bits per heavy atom. The van der Waals surface area contributed by atoms with Crippen molar-refractivity contribution in [1.29, 1.82) is 0 Å². The number of hydrogen-bond acceptors (Lipinski definition) is 1. The maximum absolute atomic E-state index is 6.11. The van der Waals surface area contributed by atoms with Gasteiger partial charge in [0.25, 0.3) is 0 Å². The highest BCUT2D eigenvalue weighted by atomic mass is 14.6. The van der Waals surface area contributed by atoms with E-state index in [4.69, 9.17) is 5.73 Å². The van der Waals surface area contributed by atoms with Gasteiger partial charge in [-0.3, -0.25) is 0 Å². The fourth-order valence-corrected chi connectivity index (χ4v) is 2.16. The Bertz CT molecular complexity index is 133. The Labute approximate surface area is 103 Å². The van der Waals surface area contributed by atoms with E-state index in [0.717, 1.165) is 5.92 Å². The van der Waals surface area contributed by atoms with Crippen molar-refractivity contribution in [1.82, 2.24) is 0 Å². The largest absolute Gasteiger partial charge is 0.328 e. The fraction of sp³-hybridized carbons (Fsp3) is 1.00. The summed E-state index contributed by atoms with van der Waals surface area (Å²) in [5.41, 5.74) is 6.11. The highest BCUT2D eigenvalue weighted by Gasteiger charge is 2.06. The van der Waals surface area contributed by atoms with Crippen LogP contribution in [-0.2, 0) is 0 Å². The number of unbranched alkanes of at least 4 members (excludes halogenated alkanes) is 6. The van der Waals surface area contributed by atoms with Crippen LogP contribution in [0.4, 0.5) is 0 Å². The third kappa shape index (κ3) is 10.5. The third-order valence-electron chi connectivity index (χ3n) is 3.58. The second kappa shape index (κ2) is 11.4. The van der Waals surface area contributed by atoms with Gasteiger partial charge in [-0.15, -0.1) is 0 Å². The second-order valence-electron chi connectivity index (χ2n) is 5.42. The molecule has 0 saturated carbocycles. The van der Waals surface area contributed by atoms with Crippen molar-refractivity contribution in [2.24, 2.45) is 11.7 Å². The van der Waals surface area contributed by atoms with Crippen LogP contribution in [0.25, 0.3) is 0 Å². The van der Waals surface area contributed by atoms with E-state index >= 15 is 0 Å². The smallest absolute Gasteiger partial charge is 0.00413 e. The summed E-state index contributed by atoms with van der Waals surface area (Å²) in [4.78, 5) is 0. The molecule has 0 rings (SSSR count). The molecule has 1 heteroatoms. The van der Waals surface area contributed by atoms with Crippen molar-refractivity contribution in [3.8, 4) is 0 Å². The van der Waals surface area contributed by atoms with Gasteiger partial charge in [-0.25, -0.2) is 0 Å². The minimum atomic E-state index is 0.450. The van der Waals surface area contributed by atoms with Gasteiger partial charge in [0.2, 0.25) is 0 Å². The van der Waals surface area contributed by atoms with Gasteiger partial charge < -0.3 is 5.73 Å². The summed E-state index contributed by atoms with van der Waals surface area (Å²) < 4.78 is 0. The van der Waals surface area contributed by atoms with Gasteiger partial charge in [-0.2, -0.15) is 0 Å². The quantitative estimate of drug-likeness (QED) is 0.500. The summed E-state index contributed by atoms with van der Waals surface area (Å²) in [6.07, 6.45) is 13.5. The molecule has 2 atom stereocenters. The molecule has 0 aliphatic carbocycles. The molecule has 0 amide bonds. The molecule has 0 aliphatic heterocycles. The average molecular weight is 227 g/mol. The van der Waals surface area contributed by atoms with E-state index in [2.05, 4.69) is 20.8 Å². The lowest BCUT2D eigenvalue weighted by Crippen LogP contribution is -2.22. The molecule has 0 aromatic carbocycles. The highest BCUT2D eigenvalue weighted by Crippen LogP contribution is 2.14. The molecule has 2 N–H and O–H groups in total. The van der Waals surface area contributed by atoms with E-state index in [9.17, 15) is 0 Å². The Morgan fingerprint density at radius 1 is 0.875 bits per heavy atom. The van der Waals surface area contributed by atoms with Gasteiger partial charge in [-0.1, -0.05) is 72.1 Å². The van der Waals surface area contributed by atoms with Gasteiger partial charge in [0.05, 0.1) is 0 Å². The molecule has 16 heavy (non-hydrogen) atoms. The highest BCUT2D eigenvalue weighted by molar-refractivity contribution is 4.65. The molecule has 0 aromatic heterocycles. The molecule has 0 aliphatic rings. The van der Waals surface area contributed by atoms with Crippen LogP contribution in [0.1, 0.15) is 85.0 Å². The van der Waals surface area contributed by atoms with Crippen molar-refractivity contribution < 1.29 is 0 Å². The van der Waals surface area contributed by atoms with Gasteiger partial charge >= 0.3 is 0 Å². The zero-order valence-electron chi connectivity index (χ0n) is 11.8. The van der Waals surface area contributed by atoms with Crippen LogP contribution < -0.4 is 5.73 Å². The molecule has 0 radical (unpaired) electrons. The lowest BCUT2D eigenvalue weighted by atomic mass is 9.96. The Morgan fingerprint density at radius 3 is 2.00 bits per heavy atom. The molecule has 0 aromatic rings. The topological polar surface area (TPSA) is 26.0 Å². The maximum Gasteiger partial charge on any atom is 0.00413 e. The van der Waals surface area contributed by atoms with Crippen LogP contribution in [0, 0.1) is 5.92 Å². The van der Waals surface area contributed by atoms with Crippen LogP contribution in [0.2, 0.25) is 0 Å². The van der Waals surface area contributed by atoms with E-state index in [0.29, 0.717) is 6.04 Å². The van der Waals surface area contributed by atoms with Crippen LogP contribution in [0.3, 0.4) is 0 Å². The minimum Gasteiger partial charge on any atom is -0.328 e. The first-order chi connectivity index (χ1) is 7.70. The van der Waals surface area contributed by atoms with E-state index < -0.39 is 0 Å². The second-order valence-corrected chi connectivity index (χ2v) is 5.42. The molecular weight excluding hydrogens is 194 g/mol. The summed E-state index contributed by atoms with van der Waals surface area (Å²) in [7, 11) is 0. The number of rotatable bonds is 11. The first kappa shape index (κ1) is 16.0. The molecule has 0 saturated heterocycles. The molecule has 1 nitrogen and oxygen atoms in total. The van der Waals surface area contributed by atoms with Gasteiger partial charge in [-0.05, 0) is 18.8 Å². The lowest BCUT2D eigenvalue weighted by Gasteiger charge is -2.15. The normalized spacial score (nSPS) is 15.0. The monoisotopic (exact) mass is 227 g/mol. The van der Waals surface area contributed by atoms with E-state index in [1.807, 2.05) is 0 Å². The zero-order chi connectivity index (χ0) is 12.2. The van der Waals surface area contributed by atoms with Crippen molar-refractivity contribution >= 4 is 0 Å². The SMILES string of the molecule is CCCCCCCCCC(N)CC(C)CC. The van der Waals surface area contributed by atoms with Gasteiger partial charge in [0.1, 0.15) is 0 Å². The van der Waals surface area contributed by atoms with Crippen molar-refractivity contribution in [3.05, 3.63) is 0 Å². The van der Waals surface area contributed by atoms with Gasteiger partial charge in [0, 0.05) is 6.04 Å². The standard InChI is InChI=1S/C15H33N/c1-4-6-7-8-9-10-11-12-15(16)13-14(3)5-2/h14-15H,4-13,16H2,1-3H3. The summed E-state index contributed by atoms with van der Waals surface area (Å²) >= 11 is 0. The first-order valence-electron chi connectivity index (χ1n) is 7.46. The van der Waals surface area contributed by atoms with Crippen molar-refractivity contribution in [2.75, 3.05) is 0 Å². The van der Waals surface area contributed by atoms with Gasteiger partial charge in [0.15, 0.2) is 0 Å². The molecule has 98 valence electrons. The summed E-state index contributed by atoms with van der Waals surface area (Å²) in [6.45, 7) is 6.84. The van der Waals surface area contributed by atoms with Crippen molar-refractivity contribution in [3.63, 3.8) is 0 Å². The summed E-state index contributed by atoms with van der Waals surface area (Å²) in [5.74, 6) is 0.805. The van der Waals surface area contributed by atoms with E-state index in [-0.39, 0.29) is 0 Å². The Balaban J connectivity index is 3.18. The average Bonchev–Trinajstić information content (AvgIpc) is 2.27. The van der Waals surface area contributed by atoms with E-state index in [1.54, 1.807) is 0 Å². The first-order valence-corrected chi connectivity index (χ1v) is 7.46. The van der Waals surface area contributed by atoms with Crippen LogP contribution in [0.15, 0.2) is 0 Å². The van der Waals surface area contributed by atoms with Crippen LogP contribution >= 0.6 is 0 Å². The maximum atomic E-state index is 6.11. The minimum absolute atomic E-state index is 0.450. The molecule has 0 bridgehead atoms. The molecule has 0 fully saturated rings. The Kier molecular flexibility index (Phi) is 11.4. The van der Waals surface area contributed by atoms with E-state index in [1.165, 1.54) is 64.2 Å². The molecule has 0 spiro atoms. The van der Waals surface area contributed by atoms with Crippen molar-refractivity contribution in [2.45, 2.75) is 91.0 Å². The predicted octanol–water partition coefficient (Wildman–Crippen LogP) is 4.89. The third-order valence-corrected chi connectivity index (χ3v) is 3.58. The Hall–Kier alpha value is -0.0400. The predicted molar refractivity (Wildman–Crippen MR) is 74.7 cm³/mol. The number of nitrogens with two attached hydrogens (primary N) is 1. The number of hydrogen-bond donors (Lipinski definition) is 1. The molecule has 0 heterocycles. The summed E-state index contributed by atoms with van der Waals surface area (Å²) in [6, 6.07) is 0.450. The zero-order valence-corrected chi connectivity index (χ0v) is 11.8. The van der Waals surface area contributed by atoms with Crippen LogP contribution in [0.5, 0.6) is 0 Å². The molecule has 2 unspecified atom stereocenters. The summed E-state index contributed by atoms with van der Waals surface area (Å²) in [5, 5.41) is 0. The lowest BCUT2D eigenvalue weighted by molar-refractivity contribution is 0.422. The fourth-order valence-electron chi connectivity index (χ4n) is 2.16.